The van der Waals surface area contributed by atoms with Crippen molar-refractivity contribution in [2.24, 2.45) is 5.73 Å². The molecular formula is C13H18N4O4. The van der Waals surface area contributed by atoms with Crippen molar-refractivity contribution in [3.05, 3.63) is 24.0 Å². The van der Waals surface area contributed by atoms with Crippen molar-refractivity contribution in [3.63, 3.8) is 0 Å². The summed E-state index contributed by atoms with van der Waals surface area (Å²) < 4.78 is 0. The van der Waals surface area contributed by atoms with Gasteiger partial charge in [-0.1, -0.05) is 0 Å². The number of nitrogens with zero attached hydrogens (tertiary/aromatic N) is 2. The molecule has 21 heavy (non-hydrogen) atoms. The second kappa shape index (κ2) is 7.22. The van der Waals surface area contributed by atoms with Gasteiger partial charge in [-0.25, -0.2) is 4.79 Å². The molecule has 0 saturated carbocycles. The summed E-state index contributed by atoms with van der Waals surface area (Å²) in [6, 6.07) is 2.39. The quantitative estimate of drug-likeness (QED) is 0.701. The number of hydrogen-bond acceptors (Lipinski definition) is 4. The van der Waals surface area contributed by atoms with Crippen LogP contribution in [0.2, 0.25) is 0 Å². The lowest BCUT2D eigenvalue weighted by Crippen LogP contribution is -2.44. The number of carboxylic acid groups (broad SMARTS) is 1. The number of hydrogen-bond donors (Lipinski definition) is 3. The predicted molar refractivity (Wildman–Crippen MR) is 75.6 cm³/mol. The summed E-state index contributed by atoms with van der Waals surface area (Å²) in [7, 11) is 0. The minimum atomic E-state index is -0.980. The van der Waals surface area contributed by atoms with E-state index in [1.54, 1.807) is 19.9 Å². The first-order valence-corrected chi connectivity index (χ1v) is 6.32. The van der Waals surface area contributed by atoms with Crippen molar-refractivity contribution in [1.29, 1.82) is 0 Å². The first-order valence-electron chi connectivity index (χ1n) is 6.32. The van der Waals surface area contributed by atoms with E-state index in [-0.39, 0.29) is 19.0 Å². The number of nitrogens with two attached hydrogens (primary N) is 1. The number of carbonyl (C=O) groups excluding carboxylic acids is 2. The number of aliphatic carboxylic acids is 1. The number of carboxylic acids is 1. The summed E-state index contributed by atoms with van der Waals surface area (Å²) in [5.41, 5.74) is 5.89. The number of aromatic nitrogens is 1. The van der Waals surface area contributed by atoms with Gasteiger partial charge in [0.25, 0.3) is 0 Å². The second-order valence-corrected chi connectivity index (χ2v) is 4.73. The van der Waals surface area contributed by atoms with E-state index in [0.717, 1.165) is 0 Å². The van der Waals surface area contributed by atoms with Gasteiger partial charge in [0.05, 0.1) is 24.0 Å². The molecule has 3 amide bonds. The minimum absolute atomic E-state index is 0.186. The average Bonchev–Trinajstić information content (AvgIpc) is 2.37. The van der Waals surface area contributed by atoms with E-state index in [1.807, 2.05) is 0 Å². The molecule has 4 N–H and O–H groups in total. The summed E-state index contributed by atoms with van der Waals surface area (Å²) in [6.45, 7) is 3.33. The molecule has 114 valence electrons. The van der Waals surface area contributed by atoms with Gasteiger partial charge in [-0.3, -0.25) is 14.6 Å². The fraction of sp³-hybridized carbons (Fsp3) is 0.385. The Hall–Kier alpha value is -2.64. The average molecular weight is 294 g/mol. The van der Waals surface area contributed by atoms with Crippen molar-refractivity contribution in [1.82, 2.24) is 9.88 Å². The van der Waals surface area contributed by atoms with E-state index in [4.69, 9.17) is 10.8 Å². The molecule has 0 unspecified atom stereocenters. The lowest BCUT2D eigenvalue weighted by atomic mass is 10.2. The highest BCUT2D eigenvalue weighted by Crippen LogP contribution is 2.09. The maximum atomic E-state index is 12.0. The lowest BCUT2D eigenvalue weighted by Gasteiger charge is -2.25. The zero-order valence-electron chi connectivity index (χ0n) is 11.9. The Balaban J connectivity index is 2.72. The Labute approximate surface area is 121 Å². The molecule has 0 aliphatic heterocycles. The van der Waals surface area contributed by atoms with Crippen LogP contribution in [0.4, 0.5) is 10.5 Å². The molecule has 0 atom stereocenters. The third kappa shape index (κ3) is 5.47. The van der Waals surface area contributed by atoms with Crippen molar-refractivity contribution in [2.75, 3.05) is 11.9 Å². The van der Waals surface area contributed by atoms with Crippen LogP contribution in [0, 0.1) is 0 Å². The Morgan fingerprint density at radius 2 is 2.05 bits per heavy atom. The molecule has 0 aromatic carbocycles. The van der Waals surface area contributed by atoms with Crippen LogP contribution in [-0.2, 0) is 16.0 Å². The molecule has 0 saturated heterocycles. The van der Waals surface area contributed by atoms with E-state index in [0.29, 0.717) is 11.4 Å². The van der Waals surface area contributed by atoms with Gasteiger partial charge in [0.1, 0.15) is 6.54 Å². The molecular weight excluding hydrogens is 276 g/mol. The van der Waals surface area contributed by atoms with Crippen LogP contribution in [0.3, 0.4) is 0 Å². The van der Waals surface area contributed by atoms with E-state index in [2.05, 4.69) is 10.3 Å². The maximum absolute atomic E-state index is 12.0. The van der Waals surface area contributed by atoms with Crippen molar-refractivity contribution in [2.45, 2.75) is 26.3 Å². The number of anilines is 1. The Morgan fingerprint density at radius 1 is 1.38 bits per heavy atom. The highest BCUT2D eigenvalue weighted by molar-refractivity contribution is 5.92. The molecule has 1 heterocycles. The monoisotopic (exact) mass is 294 g/mol. The van der Waals surface area contributed by atoms with E-state index in [1.165, 1.54) is 17.2 Å². The van der Waals surface area contributed by atoms with Gasteiger partial charge in [0.2, 0.25) is 5.91 Å². The van der Waals surface area contributed by atoms with Crippen LogP contribution in [0.25, 0.3) is 0 Å². The van der Waals surface area contributed by atoms with Crippen molar-refractivity contribution < 1.29 is 19.5 Å². The highest BCUT2D eigenvalue weighted by atomic mass is 16.4. The first-order chi connectivity index (χ1) is 9.79. The number of nitrogens with one attached hydrogen (secondary N) is 1. The van der Waals surface area contributed by atoms with Gasteiger partial charge in [0, 0.05) is 6.04 Å². The topological polar surface area (TPSA) is 126 Å². The second-order valence-electron chi connectivity index (χ2n) is 4.73. The summed E-state index contributed by atoms with van der Waals surface area (Å²) in [6.07, 6.45) is 1.17. The molecule has 1 aromatic heterocycles. The molecule has 0 radical (unpaired) electrons. The predicted octanol–water partition coefficient (Wildman–Crippen LogP) is 0.436. The zero-order valence-corrected chi connectivity index (χ0v) is 11.9. The van der Waals surface area contributed by atoms with Gasteiger partial charge >= 0.3 is 12.0 Å². The van der Waals surface area contributed by atoms with Crippen LogP contribution in [0.15, 0.2) is 18.3 Å². The van der Waals surface area contributed by atoms with Crippen molar-refractivity contribution in [3.8, 4) is 0 Å². The van der Waals surface area contributed by atoms with Crippen LogP contribution in [0.5, 0.6) is 0 Å². The Bertz CT molecular complexity index is 527. The van der Waals surface area contributed by atoms with Crippen LogP contribution in [0.1, 0.15) is 19.5 Å². The van der Waals surface area contributed by atoms with Gasteiger partial charge in [0.15, 0.2) is 0 Å². The summed E-state index contributed by atoms with van der Waals surface area (Å²) >= 11 is 0. The van der Waals surface area contributed by atoms with Gasteiger partial charge < -0.3 is 21.1 Å². The van der Waals surface area contributed by atoms with E-state index >= 15 is 0 Å². The van der Waals surface area contributed by atoms with Gasteiger partial charge in [-0.15, -0.1) is 0 Å². The number of urea groups is 1. The standard InChI is InChI=1S/C13H18N4O4/c1-8(2)17(7-11(14)18)13(21)16-10-4-3-9(15-6-10)5-12(19)20/h3-4,6,8H,5,7H2,1-2H3,(H2,14,18)(H,16,21)(H,19,20). The number of primary amides is 1. The summed E-state index contributed by atoms with van der Waals surface area (Å²) in [5, 5.41) is 11.2. The fourth-order valence-electron chi connectivity index (χ4n) is 1.61. The zero-order chi connectivity index (χ0) is 16.0. The fourth-order valence-corrected chi connectivity index (χ4v) is 1.61. The van der Waals surface area contributed by atoms with Crippen LogP contribution >= 0.6 is 0 Å². The molecule has 0 bridgehead atoms. The summed E-state index contributed by atoms with van der Waals surface area (Å²) in [5.74, 6) is -1.58. The molecule has 0 spiro atoms. The number of pyridine rings is 1. The van der Waals surface area contributed by atoms with Gasteiger partial charge in [-0.05, 0) is 26.0 Å². The van der Waals surface area contributed by atoms with Gasteiger partial charge in [-0.2, -0.15) is 0 Å². The van der Waals surface area contributed by atoms with E-state index < -0.39 is 17.9 Å². The molecule has 8 nitrogen and oxygen atoms in total. The normalized spacial score (nSPS) is 10.2. The molecule has 0 aliphatic rings. The SMILES string of the molecule is CC(C)N(CC(N)=O)C(=O)Nc1ccc(CC(=O)O)nc1. The van der Waals surface area contributed by atoms with Crippen molar-refractivity contribution >= 4 is 23.6 Å². The Kier molecular flexibility index (Phi) is 5.65. The third-order valence-corrected chi connectivity index (χ3v) is 2.62. The smallest absolute Gasteiger partial charge is 0.322 e. The maximum Gasteiger partial charge on any atom is 0.322 e. The van der Waals surface area contributed by atoms with E-state index in [9.17, 15) is 14.4 Å². The number of rotatable bonds is 6. The minimum Gasteiger partial charge on any atom is -0.481 e. The number of carbonyl (C=O) groups is 3. The highest BCUT2D eigenvalue weighted by Gasteiger charge is 2.19. The summed E-state index contributed by atoms with van der Waals surface area (Å²) in [4.78, 5) is 38.7. The Morgan fingerprint density at radius 3 is 2.48 bits per heavy atom. The molecule has 0 aliphatic carbocycles. The third-order valence-electron chi connectivity index (χ3n) is 2.62. The molecule has 0 fully saturated rings. The first kappa shape index (κ1) is 16.4. The largest absolute Gasteiger partial charge is 0.481 e. The molecule has 1 rings (SSSR count). The molecule has 1 aromatic rings. The molecule has 8 heteroatoms. The van der Waals surface area contributed by atoms with Crippen LogP contribution < -0.4 is 11.1 Å². The van der Waals surface area contributed by atoms with Crippen LogP contribution in [-0.4, -0.2) is 45.5 Å². The number of amides is 3. The lowest BCUT2D eigenvalue weighted by molar-refractivity contribution is -0.136.